The minimum absolute atomic E-state index is 0.0927. The first kappa shape index (κ1) is 22.7. The van der Waals surface area contributed by atoms with Crippen molar-refractivity contribution >= 4 is 34.3 Å². The van der Waals surface area contributed by atoms with E-state index < -0.39 is 24.1 Å². The minimum atomic E-state index is -0.631. The number of Topliss-reactive ketones (excluding diaryl/α,β-unsaturated/α-hetero) is 1. The SMILES string of the molecule is COc1ccc2c(C)c(CCC(=O)OCC(=O)Nc3ccccc3C(C)=O)c(=O)oc2c1. The summed E-state index contributed by atoms with van der Waals surface area (Å²) in [4.78, 5) is 48.2. The lowest BCUT2D eigenvalue weighted by Crippen LogP contribution is -2.22. The number of hydrogen-bond donors (Lipinski definition) is 1. The Bertz CT molecular complexity index is 1240. The lowest BCUT2D eigenvalue weighted by Gasteiger charge is -2.10. The van der Waals surface area contributed by atoms with Gasteiger partial charge in [0.25, 0.3) is 5.91 Å². The summed E-state index contributed by atoms with van der Waals surface area (Å²) in [6.07, 6.45) is 0.0222. The molecule has 166 valence electrons. The standard InChI is InChI=1S/C24H23NO7/c1-14-17-9-8-16(30-3)12-21(17)32-24(29)18(14)10-11-23(28)31-13-22(27)25-20-7-5-4-6-19(20)15(2)26/h4-9,12H,10-11,13H2,1-3H3,(H,25,27). The second-order valence-corrected chi connectivity index (χ2v) is 7.17. The monoisotopic (exact) mass is 437 g/mol. The van der Waals surface area contributed by atoms with Gasteiger partial charge in [-0.2, -0.15) is 0 Å². The van der Waals surface area contributed by atoms with Crippen LogP contribution in [-0.4, -0.2) is 31.4 Å². The zero-order chi connectivity index (χ0) is 23.3. The van der Waals surface area contributed by atoms with Crippen molar-refractivity contribution in [1.29, 1.82) is 0 Å². The topological polar surface area (TPSA) is 112 Å². The number of benzene rings is 2. The first-order valence-electron chi connectivity index (χ1n) is 9.96. The molecule has 0 aliphatic rings. The average molecular weight is 437 g/mol. The second kappa shape index (κ2) is 9.91. The van der Waals surface area contributed by atoms with Crippen molar-refractivity contribution in [2.75, 3.05) is 19.0 Å². The summed E-state index contributed by atoms with van der Waals surface area (Å²) >= 11 is 0. The molecular weight excluding hydrogens is 414 g/mol. The summed E-state index contributed by atoms with van der Waals surface area (Å²) in [6, 6.07) is 11.7. The van der Waals surface area contributed by atoms with E-state index in [-0.39, 0.29) is 18.6 Å². The third-order valence-corrected chi connectivity index (χ3v) is 5.02. The molecule has 32 heavy (non-hydrogen) atoms. The molecule has 1 heterocycles. The summed E-state index contributed by atoms with van der Waals surface area (Å²) in [5.41, 5.74) is 1.67. The van der Waals surface area contributed by atoms with E-state index in [2.05, 4.69) is 5.32 Å². The highest BCUT2D eigenvalue weighted by molar-refractivity contribution is 6.04. The fraction of sp³-hybridized carbons (Fsp3) is 0.250. The lowest BCUT2D eigenvalue weighted by molar-refractivity contribution is -0.147. The third kappa shape index (κ3) is 5.21. The number of ether oxygens (including phenoxy) is 2. The van der Waals surface area contributed by atoms with Crippen molar-refractivity contribution in [3.05, 3.63) is 69.6 Å². The average Bonchev–Trinajstić information content (AvgIpc) is 2.77. The second-order valence-electron chi connectivity index (χ2n) is 7.17. The number of fused-ring (bicyclic) bond motifs is 1. The summed E-state index contributed by atoms with van der Waals surface area (Å²) < 4.78 is 15.5. The molecule has 0 spiro atoms. The fourth-order valence-electron chi connectivity index (χ4n) is 3.32. The van der Waals surface area contributed by atoms with Gasteiger partial charge in [0.15, 0.2) is 12.4 Å². The Kier molecular flexibility index (Phi) is 7.04. The summed E-state index contributed by atoms with van der Waals surface area (Å²) in [5, 5.41) is 3.30. The maximum absolute atomic E-state index is 12.4. The van der Waals surface area contributed by atoms with Crippen molar-refractivity contribution in [2.24, 2.45) is 0 Å². The number of aryl methyl sites for hydroxylation is 1. The van der Waals surface area contributed by atoms with E-state index in [0.29, 0.717) is 33.7 Å². The van der Waals surface area contributed by atoms with Crippen LogP contribution in [0.1, 0.15) is 34.8 Å². The summed E-state index contributed by atoms with van der Waals surface area (Å²) in [5.74, 6) is -0.822. The van der Waals surface area contributed by atoms with Crippen LogP contribution in [0, 0.1) is 6.92 Å². The van der Waals surface area contributed by atoms with Gasteiger partial charge in [-0.05, 0) is 50.1 Å². The normalized spacial score (nSPS) is 10.6. The van der Waals surface area contributed by atoms with Crippen molar-refractivity contribution in [3.63, 3.8) is 0 Å². The Hall–Kier alpha value is -3.94. The van der Waals surface area contributed by atoms with Crippen molar-refractivity contribution < 1.29 is 28.3 Å². The molecule has 0 unspecified atom stereocenters. The van der Waals surface area contributed by atoms with Crippen molar-refractivity contribution in [3.8, 4) is 5.75 Å². The largest absolute Gasteiger partial charge is 0.497 e. The van der Waals surface area contributed by atoms with Crippen LogP contribution in [0.2, 0.25) is 0 Å². The van der Waals surface area contributed by atoms with Crippen LogP contribution >= 0.6 is 0 Å². The molecule has 0 atom stereocenters. The van der Waals surface area contributed by atoms with Gasteiger partial charge in [-0.15, -0.1) is 0 Å². The number of nitrogens with one attached hydrogen (secondary N) is 1. The Morgan fingerprint density at radius 3 is 2.56 bits per heavy atom. The number of methoxy groups -OCH3 is 1. The number of amides is 1. The van der Waals surface area contributed by atoms with Gasteiger partial charge in [-0.25, -0.2) is 4.79 Å². The smallest absolute Gasteiger partial charge is 0.339 e. The summed E-state index contributed by atoms with van der Waals surface area (Å²) in [6.45, 7) is 2.68. The highest BCUT2D eigenvalue weighted by atomic mass is 16.5. The Labute approximate surface area is 184 Å². The highest BCUT2D eigenvalue weighted by Gasteiger charge is 2.16. The van der Waals surface area contributed by atoms with Crippen LogP contribution in [0.4, 0.5) is 5.69 Å². The van der Waals surface area contributed by atoms with Gasteiger partial charge < -0.3 is 19.2 Å². The van der Waals surface area contributed by atoms with Crippen LogP contribution in [-0.2, 0) is 20.7 Å². The van der Waals surface area contributed by atoms with Crippen LogP contribution in [0.25, 0.3) is 11.0 Å². The molecular formula is C24H23NO7. The van der Waals surface area contributed by atoms with Crippen molar-refractivity contribution in [2.45, 2.75) is 26.7 Å². The first-order chi connectivity index (χ1) is 15.3. The van der Waals surface area contributed by atoms with E-state index in [0.717, 1.165) is 5.39 Å². The van der Waals surface area contributed by atoms with Crippen LogP contribution < -0.4 is 15.7 Å². The number of carbonyl (C=O) groups excluding carboxylic acids is 3. The number of esters is 1. The molecule has 1 aromatic heterocycles. The van der Waals surface area contributed by atoms with Crippen LogP contribution in [0.15, 0.2) is 51.7 Å². The Balaban J connectivity index is 1.59. The van der Waals surface area contributed by atoms with Crippen LogP contribution in [0.5, 0.6) is 5.75 Å². The van der Waals surface area contributed by atoms with Gasteiger partial charge in [0.05, 0.1) is 12.8 Å². The minimum Gasteiger partial charge on any atom is -0.497 e. The zero-order valence-electron chi connectivity index (χ0n) is 18.0. The van der Waals surface area contributed by atoms with E-state index in [1.807, 2.05) is 0 Å². The van der Waals surface area contributed by atoms with Gasteiger partial charge >= 0.3 is 11.6 Å². The van der Waals surface area contributed by atoms with E-state index in [1.165, 1.54) is 14.0 Å². The van der Waals surface area contributed by atoms with E-state index >= 15 is 0 Å². The zero-order valence-corrected chi connectivity index (χ0v) is 18.0. The fourth-order valence-corrected chi connectivity index (χ4v) is 3.32. The highest BCUT2D eigenvalue weighted by Crippen LogP contribution is 2.24. The van der Waals surface area contributed by atoms with E-state index in [9.17, 15) is 19.2 Å². The van der Waals surface area contributed by atoms with Gasteiger partial charge in [-0.1, -0.05) is 12.1 Å². The predicted molar refractivity (Wildman–Crippen MR) is 118 cm³/mol. The number of ketones is 1. The van der Waals surface area contributed by atoms with Gasteiger partial charge in [0, 0.05) is 29.0 Å². The van der Waals surface area contributed by atoms with E-state index in [4.69, 9.17) is 13.9 Å². The molecule has 0 aliphatic carbocycles. The molecule has 3 aromatic rings. The molecule has 0 saturated carbocycles. The van der Waals surface area contributed by atoms with E-state index in [1.54, 1.807) is 49.4 Å². The van der Waals surface area contributed by atoms with Gasteiger partial charge in [-0.3, -0.25) is 14.4 Å². The molecule has 3 rings (SSSR count). The third-order valence-electron chi connectivity index (χ3n) is 5.02. The molecule has 8 nitrogen and oxygen atoms in total. The number of carbonyl (C=O) groups is 3. The molecule has 2 aromatic carbocycles. The maximum atomic E-state index is 12.4. The first-order valence-corrected chi connectivity index (χ1v) is 9.96. The molecule has 0 bridgehead atoms. The molecule has 0 fully saturated rings. The molecule has 1 amide bonds. The predicted octanol–water partition coefficient (Wildman–Crippen LogP) is 3.43. The Morgan fingerprint density at radius 2 is 1.84 bits per heavy atom. The molecule has 0 aliphatic heterocycles. The van der Waals surface area contributed by atoms with Crippen LogP contribution in [0.3, 0.4) is 0 Å². The molecule has 0 radical (unpaired) electrons. The Morgan fingerprint density at radius 1 is 1.09 bits per heavy atom. The summed E-state index contributed by atoms with van der Waals surface area (Å²) in [7, 11) is 1.52. The number of hydrogen-bond acceptors (Lipinski definition) is 7. The van der Waals surface area contributed by atoms with Crippen molar-refractivity contribution in [1.82, 2.24) is 0 Å². The number of rotatable bonds is 8. The molecule has 1 N–H and O–H groups in total. The maximum Gasteiger partial charge on any atom is 0.339 e. The number of para-hydroxylation sites is 1. The molecule has 0 saturated heterocycles. The van der Waals surface area contributed by atoms with Gasteiger partial charge in [0.1, 0.15) is 11.3 Å². The van der Waals surface area contributed by atoms with Gasteiger partial charge in [0.2, 0.25) is 0 Å². The molecule has 8 heteroatoms. The number of anilines is 1. The quantitative estimate of drug-likeness (QED) is 0.326. The lowest BCUT2D eigenvalue weighted by atomic mass is 10.0.